The highest BCUT2D eigenvalue weighted by Crippen LogP contribution is 2.25. The van der Waals surface area contributed by atoms with Gasteiger partial charge in [0.25, 0.3) is 0 Å². The molecule has 0 radical (unpaired) electrons. The van der Waals surface area contributed by atoms with Crippen LogP contribution in [0.15, 0.2) is 10.3 Å². The third kappa shape index (κ3) is 4.82. The Morgan fingerprint density at radius 3 is 2.50 bits per heavy atom. The van der Waals surface area contributed by atoms with Crippen LogP contribution in [0, 0.1) is 6.92 Å². The van der Waals surface area contributed by atoms with Crippen LogP contribution in [-0.4, -0.2) is 46.5 Å². The molecule has 0 aromatic carbocycles. The van der Waals surface area contributed by atoms with E-state index < -0.39 is 10.0 Å². The molecule has 0 fully saturated rings. The molecule has 7 heteroatoms. The maximum Gasteiger partial charge on any atom is 0.250 e. The van der Waals surface area contributed by atoms with Crippen LogP contribution in [0.5, 0.6) is 0 Å². The van der Waals surface area contributed by atoms with E-state index in [4.69, 9.17) is 0 Å². The van der Waals surface area contributed by atoms with Crippen LogP contribution in [0.2, 0.25) is 0 Å². The summed E-state index contributed by atoms with van der Waals surface area (Å²) in [5.74, 6) is 0. The summed E-state index contributed by atoms with van der Waals surface area (Å²) in [6.45, 7) is 9.84. The lowest BCUT2D eigenvalue weighted by molar-refractivity contribution is 0.309. The van der Waals surface area contributed by atoms with E-state index in [-0.39, 0.29) is 0 Å². The normalized spacial score (nSPS) is 12.2. The van der Waals surface area contributed by atoms with Gasteiger partial charge in [-0.1, -0.05) is 13.8 Å². The first-order chi connectivity index (χ1) is 9.44. The molecule has 20 heavy (non-hydrogen) atoms. The molecule has 0 atom stereocenters. The second-order valence-electron chi connectivity index (χ2n) is 4.63. The highest BCUT2D eigenvalue weighted by atomic mass is 32.2. The van der Waals surface area contributed by atoms with Gasteiger partial charge in [0, 0.05) is 24.5 Å². The number of likely N-dealkylation sites (N-methyl/N-ethyl adjacent to an activating group) is 1. The Balaban J connectivity index is 2.66. The SMILES string of the molecule is CCN(CC)CCNS(=O)(=O)c1cc(C)c(CNC)s1. The zero-order valence-corrected chi connectivity index (χ0v) is 14.3. The first-order valence-corrected chi connectivity index (χ1v) is 9.20. The number of sulfonamides is 1. The van der Waals surface area contributed by atoms with Crippen molar-refractivity contribution in [3.63, 3.8) is 0 Å². The highest BCUT2D eigenvalue weighted by molar-refractivity contribution is 7.91. The van der Waals surface area contributed by atoms with Gasteiger partial charge in [-0.2, -0.15) is 0 Å². The van der Waals surface area contributed by atoms with Gasteiger partial charge in [0.1, 0.15) is 4.21 Å². The summed E-state index contributed by atoms with van der Waals surface area (Å²) in [5.41, 5.74) is 1.02. The van der Waals surface area contributed by atoms with E-state index in [0.717, 1.165) is 30.1 Å². The lowest BCUT2D eigenvalue weighted by atomic mass is 10.3. The van der Waals surface area contributed by atoms with Crippen molar-refractivity contribution in [1.82, 2.24) is 14.9 Å². The van der Waals surface area contributed by atoms with E-state index in [1.54, 1.807) is 6.07 Å². The molecule has 116 valence electrons. The van der Waals surface area contributed by atoms with Crippen molar-refractivity contribution in [2.45, 2.75) is 31.5 Å². The average Bonchev–Trinajstić information content (AvgIpc) is 2.78. The maximum absolute atomic E-state index is 12.2. The first kappa shape index (κ1) is 17.6. The van der Waals surface area contributed by atoms with Crippen molar-refractivity contribution in [3.05, 3.63) is 16.5 Å². The topological polar surface area (TPSA) is 61.4 Å². The molecule has 1 rings (SSSR count). The summed E-state index contributed by atoms with van der Waals surface area (Å²) in [7, 11) is -1.52. The van der Waals surface area contributed by atoms with Gasteiger partial charge in [0.2, 0.25) is 10.0 Å². The van der Waals surface area contributed by atoms with Crippen molar-refractivity contribution in [1.29, 1.82) is 0 Å². The Hall–Kier alpha value is -0.470. The van der Waals surface area contributed by atoms with Crippen molar-refractivity contribution in [2.75, 3.05) is 33.2 Å². The monoisotopic (exact) mass is 319 g/mol. The Morgan fingerprint density at radius 1 is 1.30 bits per heavy atom. The lowest BCUT2D eigenvalue weighted by Gasteiger charge is -2.17. The Bertz CT molecular complexity index is 508. The molecule has 0 amide bonds. The van der Waals surface area contributed by atoms with Crippen molar-refractivity contribution >= 4 is 21.4 Å². The van der Waals surface area contributed by atoms with E-state index in [1.807, 2.05) is 14.0 Å². The number of hydrogen-bond donors (Lipinski definition) is 2. The Labute approximate surface area is 126 Å². The molecular formula is C13H25N3O2S2. The molecule has 5 nitrogen and oxygen atoms in total. The van der Waals surface area contributed by atoms with E-state index in [1.165, 1.54) is 11.3 Å². The second kappa shape index (κ2) is 8.09. The number of nitrogens with one attached hydrogen (secondary N) is 2. The first-order valence-electron chi connectivity index (χ1n) is 6.90. The van der Waals surface area contributed by atoms with Gasteiger partial charge in [-0.25, -0.2) is 13.1 Å². The molecule has 0 saturated carbocycles. The number of rotatable bonds is 9. The van der Waals surface area contributed by atoms with Gasteiger partial charge in [-0.15, -0.1) is 11.3 Å². The highest BCUT2D eigenvalue weighted by Gasteiger charge is 2.18. The fourth-order valence-corrected chi connectivity index (χ4v) is 4.57. The standard InChI is InChI=1S/C13H25N3O2S2/c1-5-16(6-2)8-7-15-20(17,18)13-9-11(3)12(19-13)10-14-4/h9,14-15H,5-8,10H2,1-4H3. The van der Waals surface area contributed by atoms with Crippen LogP contribution < -0.4 is 10.0 Å². The molecule has 0 spiro atoms. The quantitative estimate of drug-likeness (QED) is 0.722. The predicted octanol–water partition coefficient (Wildman–Crippen LogP) is 1.40. The molecule has 2 N–H and O–H groups in total. The molecule has 0 aliphatic carbocycles. The van der Waals surface area contributed by atoms with Gasteiger partial charge in [0.05, 0.1) is 0 Å². The van der Waals surface area contributed by atoms with Crippen LogP contribution in [0.25, 0.3) is 0 Å². The van der Waals surface area contributed by atoms with Gasteiger partial charge in [0.15, 0.2) is 0 Å². The molecule has 0 bridgehead atoms. The Morgan fingerprint density at radius 2 is 1.95 bits per heavy atom. The number of hydrogen-bond acceptors (Lipinski definition) is 5. The molecule has 1 aromatic heterocycles. The van der Waals surface area contributed by atoms with Crippen molar-refractivity contribution in [2.24, 2.45) is 0 Å². The summed E-state index contributed by atoms with van der Waals surface area (Å²) in [6, 6.07) is 1.75. The molecular weight excluding hydrogens is 294 g/mol. The lowest BCUT2D eigenvalue weighted by Crippen LogP contribution is -2.34. The van der Waals surface area contributed by atoms with Crippen molar-refractivity contribution in [3.8, 4) is 0 Å². The van der Waals surface area contributed by atoms with Crippen LogP contribution in [-0.2, 0) is 16.6 Å². The summed E-state index contributed by atoms with van der Waals surface area (Å²) >= 11 is 1.33. The zero-order chi connectivity index (χ0) is 15.2. The zero-order valence-electron chi connectivity index (χ0n) is 12.7. The maximum atomic E-state index is 12.2. The second-order valence-corrected chi connectivity index (χ2v) is 7.76. The van der Waals surface area contributed by atoms with E-state index in [0.29, 0.717) is 17.3 Å². The number of thiophene rings is 1. The number of aryl methyl sites for hydroxylation is 1. The van der Waals surface area contributed by atoms with E-state index in [9.17, 15) is 8.42 Å². The van der Waals surface area contributed by atoms with Crippen LogP contribution in [0.4, 0.5) is 0 Å². The van der Waals surface area contributed by atoms with Crippen LogP contribution in [0.1, 0.15) is 24.3 Å². The minimum absolute atomic E-state index is 0.403. The van der Waals surface area contributed by atoms with Crippen LogP contribution in [0.3, 0.4) is 0 Å². The van der Waals surface area contributed by atoms with E-state index >= 15 is 0 Å². The molecule has 1 aromatic rings. The third-order valence-electron chi connectivity index (χ3n) is 3.21. The fraction of sp³-hybridized carbons (Fsp3) is 0.692. The smallest absolute Gasteiger partial charge is 0.250 e. The minimum atomic E-state index is -3.38. The van der Waals surface area contributed by atoms with Gasteiger partial charge in [-0.05, 0) is 38.7 Å². The van der Waals surface area contributed by atoms with Gasteiger partial charge >= 0.3 is 0 Å². The fourth-order valence-electron chi connectivity index (χ4n) is 1.91. The van der Waals surface area contributed by atoms with Gasteiger partial charge < -0.3 is 10.2 Å². The predicted molar refractivity (Wildman–Crippen MR) is 84.8 cm³/mol. The molecule has 0 aliphatic rings. The third-order valence-corrected chi connectivity index (χ3v) is 6.39. The van der Waals surface area contributed by atoms with Crippen molar-refractivity contribution < 1.29 is 8.42 Å². The summed E-state index contributed by atoms with van der Waals surface area (Å²) in [4.78, 5) is 3.26. The van der Waals surface area contributed by atoms with E-state index in [2.05, 4.69) is 28.8 Å². The number of nitrogens with zero attached hydrogens (tertiary/aromatic N) is 1. The molecule has 0 unspecified atom stereocenters. The van der Waals surface area contributed by atoms with Gasteiger partial charge in [-0.3, -0.25) is 0 Å². The minimum Gasteiger partial charge on any atom is -0.315 e. The molecule has 0 aliphatic heterocycles. The summed E-state index contributed by atoms with van der Waals surface area (Å²) in [6.07, 6.45) is 0. The van der Waals surface area contributed by atoms with Crippen LogP contribution >= 0.6 is 11.3 Å². The summed E-state index contributed by atoms with van der Waals surface area (Å²) in [5, 5.41) is 3.05. The largest absolute Gasteiger partial charge is 0.315 e. The average molecular weight is 319 g/mol. The molecule has 1 heterocycles. The summed E-state index contributed by atoms with van der Waals surface area (Å²) < 4.78 is 27.5. The molecule has 0 saturated heterocycles. The Kier molecular flexibility index (Phi) is 7.11.